The third kappa shape index (κ3) is 5.53. The average Bonchev–Trinajstić information content (AvgIpc) is 3.17. The standard InChI is InChI=1S/C25H25N5O2S/c1-17-12-13-22(18(2)14-17)32-15-23-28-29-25(30(23)26)33-16-24(31)27-21-11-7-6-10-20(21)19-8-4-3-5-9-19/h3-14H,15-16,26H2,1-2H3,(H,27,31). The minimum atomic E-state index is -0.153. The van der Waals surface area contributed by atoms with Crippen LogP contribution in [0.3, 0.4) is 0 Å². The lowest BCUT2D eigenvalue weighted by atomic mass is 10.0. The molecule has 0 radical (unpaired) electrons. The second-order valence-electron chi connectivity index (χ2n) is 7.57. The van der Waals surface area contributed by atoms with Gasteiger partial charge in [-0.3, -0.25) is 4.79 Å². The molecule has 0 fully saturated rings. The van der Waals surface area contributed by atoms with Gasteiger partial charge in [0, 0.05) is 11.3 Å². The van der Waals surface area contributed by atoms with E-state index in [0.29, 0.717) is 11.0 Å². The molecule has 3 aromatic carbocycles. The van der Waals surface area contributed by atoms with Crippen molar-refractivity contribution in [1.82, 2.24) is 14.9 Å². The number of rotatable bonds is 8. The number of nitrogens with one attached hydrogen (secondary N) is 1. The summed E-state index contributed by atoms with van der Waals surface area (Å²) >= 11 is 1.22. The highest BCUT2D eigenvalue weighted by Gasteiger charge is 2.14. The second-order valence-corrected chi connectivity index (χ2v) is 8.52. The number of aromatic nitrogens is 3. The molecule has 1 aromatic heterocycles. The SMILES string of the molecule is Cc1ccc(OCc2nnc(SCC(=O)Nc3ccccc3-c3ccccc3)n2N)c(C)c1. The molecule has 4 aromatic rings. The predicted octanol–water partition coefficient (Wildman–Crippen LogP) is 4.59. The minimum Gasteiger partial charge on any atom is -0.485 e. The molecule has 0 aliphatic carbocycles. The number of benzene rings is 3. The molecule has 0 unspecified atom stereocenters. The molecule has 7 nitrogen and oxygen atoms in total. The van der Waals surface area contributed by atoms with Crippen molar-refractivity contribution in [3.8, 4) is 16.9 Å². The highest BCUT2D eigenvalue weighted by Crippen LogP contribution is 2.28. The van der Waals surface area contributed by atoms with Gasteiger partial charge in [-0.05, 0) is 37.1 Å². The number of nitrogens with zero attached hydrogens (tertiary/aromatic N) is 3. The summed E-state index contributed by atoms with van der Waals surface area (Å²) in [6, 6.07) is 23.6. The van der Waals surface area contributed by atoms with Crippen molar-refractivity contribution in [2.45, 2.75) is 25.6 Å². The molecule has 3 N–H and O–H groups in total. The van der Waals surface area contributed by atoms with Crippen molar-refractivity contribution in [1.29, 1.82) is 0 Å². The summed E-state index contributed by atoms with van der Waals surface area (Å²) < 4.78 is 7.20. The lowest BCUT2D eigenvalue weighted by molar-refractivity contribution is -0.113. The predicted molar refractivity (Wildman–Crippen MR) is 132 cm³/mol. The Hall–Kier alpha value is -3.78. The summed E-state index contributed by atoms with van der Waals surface area (Å²) in [5.74, 6) is 7.38. The Labute approximate surface area is 197 Å². The third-order valence-corrected chi connectivity index (χ3v) is 5.98. The number of para-hydroxylation sites is 1. The first-order chi connectivity index (χ1) is 16.0. The van der Waals surface area contributed by atoms with Crippen molar-refractivity contribution in [3.05, 3.63) is 89.7 Å². The van der Waals surface area contributed by atoms with Crippen molar-refractivity contribution in [2.24, 2.45) is 0 Å². The van der Waals surface area contributed by atoms with Crippen LogP contribution < -0.4 is 15.9 Å². The Morgan fingerprint density at radius 2 is 1.79 bits per heavy atom. The molecule has 33 heavy (non-hydrogen) atoms. The normalized spacial score (nSPS) is 10.7. The number of amides is 1. The van der Waals surface area contributed by atoms with Crippen molar-refractivity contribution in [3.63, 3.8) is 0 Å². The quantitative estimate of drug-likeness (QED) is 0.296. The van der Waals surface area contributed by atoms with Gasteiger partial charge >= 0.3 is 0 Å². The molecule has 0 spiro atoms. The number of aryl methyl sites for hydroxylation is 2. The van der Waals surface area contributed by atoms with E-state index < -0.39 is 0 Å². The Morgan fingerprint density at radius 1 is 1.03 bits per heavy atom. The summed E-state index contributed by atoms with van der Waals surface area (Å²) in [7, 11) is 0. The summed E-state index contributed by atoms with van der Waals surface area (Å²) in [6.45, 7) is 4.21. The number of anilines is 1. The summed E-state index contributed by atoms with van der Waals surface area (Å²) in [5, 5.41) is 11.6. The van der Waals surface area contributed by atoms with Crippen LogP contribution >= 0.6 is 11.8 Å². The Balaban J connectivity index is 1.36. The molecule has 1 heterocycles. The zero-order chi connectivity index (χ0) is 23.2. The molecule has 4 rings (SSSR count). The third-order valence-electron chi connectivity index (χ3n) is 5.04. The molecule has 0 atom stereocenters. The van der Waals surface area contributed by atoms with Gasteiger partial charge in [-0.2, -0.15) is 0 Å². The Morgan fingerprint density at radius 3 is 2.58 bits per heavy atom. The van der Waals surface area contributed by atoms with Gasteiger partial charge < -0.3 is 15.9 Å². The van der Waals surface area contributed by atoms with Crippen LogP contribution in [0.25, 0.3) is 11.1 Å². The van der Waals surface area contributed by atoms with Crippen LogP contribution in [0.5, 0.6) is 5.75 Å². The van der Waals surface area contributed by atoms with E-state index in [-0.39, 0.29) is 18.3 Å². The van der Waals surface area contributed by atoms with Gasteiger partial charge in [-0.25, -0.2) is 4.68 Å². The van der Waals surface area contributed by atoms with Crippen molar-refractivity contribution in [2.75, 3.05) is 16.9 Å². The Kier molecular flexibility index (Phi) is 6.95. The number of thioether (sulfide) groups is 1. The number of ether oxygens (including phenoxy) is 1. The highest BCUT2D eigenvalue weighted by molar-refractivity contribution is 7.99. The van der Waals surface area contributed by atoms with Gasteiger partial charge in [-0.1, -0.05) is 78.0 Å². The second kappa shape index (κ2) is 10.2. The van der Waals surface area contributed by atoms with Crippen LogP contribution in [0.2, 0.25) is 0 Å². The minimum absolute atomic E-state index is 0.149. The fourth-order valence-electron chi connectivity index (χ4n) is 3.39. The summed E-state index contributed by atoms with van der Waals surface area (Å²) in [5.41, 5.74) is 4.97. The van der Waals surface area contributed by atoms with E-state index in [1.165, 1.54) is 22.0 Å². The fraction of sp³-hybridized carbons (Fsp3) is 0.160. The van der Waals surface area contributed by atoms with Gasteiger partial charge in [0.25, 0.3) is 0 Å². The largest absolute Gasteiger partial charge is 0.485 e. The number of carbonyl (C=O) groups excluding carboxylic acids is 1. The first kappa shape index (κ1) is 22.4. The van der Waals surface area contributed by atoms with E-state index >= 15 is 0 Å². The maximum absolute atomic E-state index is 12.6. The van der Waals surface area contributed by atoms with Crippen LogP contribution in [-0.2, 0) is 11.4 Å². The van der Waals surface area contributed by atoms with Gasteiger partial charge in [0.2, 0.25) is 11.1 Å². The van der Waals surface area contributed by atoms with E-state index in [1.807, 2.05) is 80.6 Å². The van der Waals surface area contributed by atoms with Gasteiger partial charge in [-0.15, -0.1) is 10.2 Å². The molecule has 0 aliphatic rings. The topological polar surface area (TPSA) is 95.1 Å². The molecule has 1 amide bonds. The number of nitrogen functional groups attached to an aromatic ring is 1. The maximum Gasteiger partial charge on any atom is 0.234 e. The molecule has 0 bridgehead atoms. The van der Waals surface area contributed by atoms with Crippen molar-refractivity contribution < 1.29 is 9.53 Å². The number of carbonyl (C=O) groups is 1. The summed E-state index contributed by atoms with van der Waals surface area (Å²) in [4.78, 5) is 12.6. The molecule has 8 heteroatoms. The average molecular weight is 460 g/mol. The lowest BCUT2D eigenvalue weighted by Gasteiger charge is -2.11. The van der Waals surface area contributed by atoms with Gasteiger partial charge in [0.05, 0.1) is 5.75 Å². The molecule has 0 saturated carbocycles. The first-order valence-corrected chi connectivity index (χ1v) is 11.5. The smallest absolute Gasteiger partial charge is 0.234 e. The van der Waals surface area contributed by atoms with E-state index in [9.17, 15) is 4.79 Å². The van der Waals surface area contributed by atoms with E-state index in [2.05, 4.69) is 21.6 Å². The van der Waals surface area contributed by atoms with Crippen LogP contribution in [-0.4, -0.2) is 26.5 Å². The number of nitrogens with two attached hydrogens (primary N) is 1. The van der Waals surface area contributed by atoms with Gasteiger partial charge in [0.1, 0.15) is 12.4 Å². The number of hydrogen-bond donors (Lipinski definition) is 2. The van der Waals surface area contributed by atoms with Crippen LogP contribution in [0.1, 0.15) is 17.0 Å². The van der Waals surface area contributed by atoms with E-state index in [4.69, 9.17) is 10.6 Å². The number of hydrogen-bond acceptors (Lipinski definition) is 6. The monoisotopic (exact) mass is 459 g/mol. The van der Waals surface area contributed by atoms with Crippen LogP contribution in [0.15, 0.2) is 78.0 Å². The Bertz CT molecular complexity index is 1260. The van der Waals surface area contributed by atoms with Crippen molar-refractivity contribution >= 4 is 23.4 Å². The molecular weight excluding hydrogens is 434 g/mol. The van der Waals surface area contributed by atoms with Crippen LogP contribution in [0.4, 0.5) is 5.69 Å². The molecular formula is C25H25N5O2S. The molecule has 0 saturated heterocycles. The van der Waals surface area contributed by atoms with Gasteiger partial charge in [0.15, 0.2) is 5.82 Å². The molecule has 0 aliphatic heterocycles. The summed E-state index contributed by atoms with van der Waals surface area (Å²) in [6.07, 6.45) is 0. The fourth-order valence-corrected chi connectivity index (χ4v) is 4.06. The van der Waals surface area contributed by atoms with E-state index in [1.54, 1.807) is 0 Å². The molecule has 168 valence electrons. The zero-order valence-corrected chi connectivity index (χ0v) is 19.3. The first-order valence-electron chi connectivity index (χ1n) is 10.5. The highest BCUT2D eigenvalue weighted by atomic mass is 32.2. The zero-order valence-electron chi connectivity index (χ0n) is 18.5. The lowest BCUT2D eigenvalue weighted by Crippen LogP contribution is -2.18. The maximum atomic E-state index is 12.6. The van der Waals surface area contributed by atoms with Crippen LogP contribution in [0, 0.1) is 13.8 Å². The van der Waals surface area contributed by atoms with E-state index in [0.717, 1.165) is 28.1 Å².